The molecule has 5 heteroatoms. The number of carbonyl (C=O) groups is 1. The second-order valence-electron chi connectivity index (χ2n) is 6.59. The van der Waals surface area contributed by atoms with Gasteiger partial charge >= 0.3 is 6.03 Å². The summed E-state index contributed by atoms with van der Waals surface area (Å²) >= 11 is 0. The lowest BCUT2D eigenvalue weighted by Crippen LogP contribution is -2.41. The minimum absolute atomic E-state index is 0.0428. The van der Waals surface area contributed by atoms with Gasteiger partial charge in [0.1, 0.15) is 5.75 Å². The Morgan fingerprint density at radius 1 is 1.08 bits per heavy atom. The van der Waals surface area contributed by atoms with E-state index in [9.17, 15) is 4.79 Å². The monoisotopic (exact) mass is 354 g/mol. The first-order valence-corrected chi connectivity index (χ1v) is 9.06. The molecule has 2 aromatic carbocycles. The van der Waals surface area contributed by atoms with Crippen molar-refractivity contribution in [2.24, 2.45) is 5.92 Å². The fourth-order valence-corrected chi connectivity index (χ4v) is 3.10. The fraction of sp³-hybridized carbons (Fsp3) is 0.381. The molecule has 1 aliphatic heterocycles. The highest BCUT2D eigenvalue weighted by Gasteiger charge is 2.23. The summed E-state index contributed by atoms with van der Waals surface area (Å²) < 4.78 is 11.0. The van der Waals surface area contributed by atoms with Gasteiger partial charge in [-0.05, 0) is 48.6 Å². The Hall–Kier alpha value is -2.53. The van der Waals surface area contributed by atoms with Gasteiger partial charge in [0.25, 0.3) is 0 Å². The molecule has 0 saturated carbocycles. The maximum Gasteiger partial charge on any atom is 0.321 e. The summed E-state index contributed by atoms with van der Waals surface area (Å²) in [4.78, 5) is 14.3. The molecule has 138 valence electrons. The third kappa shape index (κ3) is 5.23. The van der Waals surface area contributed by atoms with Crippen molar-refractivity contribution in [1.29, 1.82) is 0 Å². The summed E-state index contributed by atoms with van der Waals surface area (Å²) in [5.41, 5.74) is 1.98. The molecule has 3 rings (SSSR count). The lowest BCUT2D eigenvalue weighted by Gasteiger charge is -2.31. The van der Waals surface area contributed by atoms with Crippen molar-refractivity contribution in [3.05, 3.63) is 60.2 Å². The maximum atomic E-state index is 12.4. The summed E-state index contributed by atoms with van der Waals surface area (Å²) in [6.07, 6.45) is 1.95. The first-order chi connectivity index (χ1) is 12.7. The highest BCUT2D eigenvalue weighted by molar-refractivity contribution is 5.89. The molecular weight excluding hydrogens is 328 g/mol. The van der Waals surface area contributed by atoms with Gasteiger partial charge in [-0.15, -0.1) is 0 Å². The highest BCUT2D eigenvalue weighted by atomic mass is 16.5. The molecular formula is C21H26N2O3. The lowest BCUT2D eigenvalue weighted by atomic mass is 9.98. The minimum atomic E-state index is -0.0428. The van der Waals surface area contributed by atoms with Crippen LogP contribution in [0, 0.1) is 5.92 Å². The summed E-state index contributed by atoms with van der Waals surface area (Å²) in [5, 5.41) is 2.94. The number of nitrogens with zero attached hydrogens (tertiary/aromatic N) is 1. The third-order valence-corrected chi connectivity index (χ3v) is 4.71. The van der Waals surface area contributed by atoms with Gasteiger partial charge in [-0.25, -0.2) is 4.79 Å². The Morgan fingerprint density at radius 3 is 2.42 bits per heavy atom. The number of methoxy groups -OCH3 is 1. The van der Waals surface area contributed by atoms with E-state index in [4.69, 9.17) is 9.47 Å². The number of carbonyl (C=O) groups excluding carboxylic acids is 1. The molecule has 0 atom stereocenters. The van der Waals surface area contributed by atoms with E-state index in [1.54, 1.807) is 7.11 Å². The molecule has 2 amide bonds. The quantitative estimate of drug-likeness (QED) is 0.847. The second-order valence-corrected chi connectivity index (χ2v) is 6.59. The van der Waals surface area contributed by atoms with Gasteiger partial charge < -0.3 is 19.7 Å². The predicted molar refractivity (Wildman–Crippen MR) is 102 cm³/mol. The molecule has 1 fully saturated rings. The first kappa shape index (κ1) is 18.3. The summed E-state index contributed by atoms with van der Waals surface area (Å²) in [6, 6.07) is 17.5. The maximum absolute atomic E-state index is 12.4. The van der Waals surface area contributed by atoms with Crippen LogP contribution in [0.2, 0.25) is 0 Å². The Balaban J connectivity index is 1.37. The average molecular weight is 354 g/mol. The van der Waals surface area contributed by atoms with Crippen molar-refractivity contribution in [1.82, 2.24) is 4.90 Å². The van der Waals surface area contributed by atoms with E-state index in [2.05, 4.69) is 17.4 Å². The van der Waals surface area contributed by atoms with Crippen molar-refractivity contribution < 1.29 is 14.3 Å². The molecule has 5 nitrogen and oxygen atoms in total. The first-order valence-electron chi connectivity index (χ1n) is 9.06. The molecule has 0 aliphatic carbocycles. The van der Waals surface area contributed by atoms with Crippen LogP contribution < -0.4 is 10.1 Å². The van der Waals surface area contributed by atoms with Gasteiger partial charge in [-0.1, -0.05) is 30.3 Å². The smallest absolute Gasteiger partial charge is 0.321 e. The molecule has 1 heterocycles. The number of piperidine rings is 1. The molecule has 0 spiro atoms. The molecule has 1 aliphatic rings. The number of anilines is 1. The Kier molecular flexibility index (Phi) is 6.50. The van der Waals surface area contributed by atoms with E-state index >= 15 is 0 Å². The van der Waals surface area contributed by atoms with Crippen molar-refractivity contribution >= 4 is 11.7 Å². The van der Waals surface area contributed by atoms with Gasteiger partial charge in [-0.3, -0.25) is 0 Å². The number of amides is 2. The Bertz CT molecular complexity index is 680. The number of benzene rings is 2. The number of hydrogen-bond donors (Lipinski definition) is 1. The number of rotatable bonds is 6. The van der Waals surface area contributed by atoms with Gasteiger partial charge in [0, 0.05) is 25.4 Å². The lowest BCUT2D eigenvalue weighted by molar-refractivity contribution is 0.0640. The van der Waals surface area contributed by atoms with E-state index in [1.807, 2.05) is 47.4 Å². The summed E-state index contributed by atoms with van der Waals surface area (Å²) in [7, 11) is 1.63. The third-order valence-electron chi connectivity index (χ3n) is 4.71. The van der Waals surface area contributed by atoms with Crippen LogP contribution in [-0.4, -0.2) is 37.7 Å². The van der Waals surface area contributed by atoms with Gasteiger partial charge in [-0.2, -0.15) is 0 Å². The molecule has 1 saturated heterocycles. The van der Waals surface area contributed by atoms with Crippen molar-refractivity contribution in [3.8, 4) is 5.75 Å². The Morgan fingerprint density at radius 2 is 1.77 bits per heavy atom. The van der Waals surface area contributed by atoms with Crippen LogP contribution in [0.25, 0.3) is 0 Å². The van der Waals surface area contributed by atoms with Crippen molar-refractivity contribution in [2.75, 3.05) is 32.1 Å². The summed E-state index contributed by atoms with van der Waals surface area (Å²) in [6.45, 7) is 2.94. The van der Waals surface area contributed by atoms with Crippen molar-refractivity contribution in [2.45, 2.75) is 19.4 Å². The molecule has 0 aromatic heterocycles. The second kappa shape index (κ2) is 9.25. The molecule has 26 heavy (non-hydrogen) atoms. The minimum Gasteiger partial charge on any atom is -0.497 e. The van der Waals surface area contributed by atoms with Gasteiger partial charge in [0.15, 0.2) is 0 Å². The molecule has 0 radical (unpaired) electrons. The van der Waals surface area contributed by atoms with Crippen LogP contribution in [0.15, 0.2) is 54.6 Å². The van der Waals surface area contributed by atoms with Crippen LogP contribution in [0.4, 0.5) is 10.5 Å². The Labute approximate surface area is 154 Å². The molecule has 0 bridgehead atoms. The fourth-order valence-electron chi connectivity index (χ4n) is 3.10. The van der Waals surface area contributed by atoms with E-state index in [1.165, 1.54) is 5.56 Å². The number of likely N-dealkylation sites (tertiary alicyclic amines) is 1. The van der Waals surface area contributed by atoms with Crippen LogP contribution in [0.5, 0.6) is 5.75 Å². The summed E-state index contributed by atoms with van der Waals surface area (Å²) in [5.74, 6) is 1.29. The van der Waals surface area contributed by atoms with Gasteiger partial charge in [0.05, 0.1) is 13.7 Å². The molecule has 0 unspecified atom stereocenters. The van der Waals surface area contributed by atoms with E-state index in [0.29, 0.717) is 12.5 Å². The molecule has 2 aromatic rings. The van der Waals surface area contributed by atoms with Crippen LogP contribution in [0.3, 0.4) is 0 Å². The van der Waals surface area contributed by atoms with Crippen LogP contribution in [-0.2, 0) is 11.3 Å². The zero-order chi connectivity index (χ0) is 18.2. The number of ether oxygens (including phenoxy) is 2. The predicted octanol–water partition coefficient (Wildman–Crippen LogP) is 4.16. The van der Waals surface area contributed by atoms with E-state index < -0.39 is 0 Å². The zero-order valence-corrected chi connectivity index (χ0v) is 15.2. The SMILES string of the molecule is COc1ccc(NC(=O)N2CCC(COCc3ccccc3)CC2)cc1. The topological polar surface area (TPSA) is 50.8 Å². The zero-order valence-electron chi connectivity index (χ0n) is 15.2. The normalized spacial score (nSPS) is 14.9. The molecule has 1 N–H and O–H groups in total. The van der Waals surface area contributed by atoms with Crippen LogP contribution >= 0.6 is 0 Å². The average Bonchev–Trinajstić information content (AvgIpc) is 2.70. The standard InChI is InChI=1S/C21H26N2O3/c1-25-20-9-7-19(8-10-20)22-21(24)23-13-11-18(12-14-23)16-26-15-17-5-3-2-4-6-17/h2-10,18H,11-16H2,1H3,(H,22,24). The largest absolute Gasteiger partial charge is 0.497 e. The van der Waals surface area contributed by atoms with E-state index in [-0.39, 0.29) is 6.03 Å². The highest BCUT2D eigenvalue weighted by Crippen LogP contribution is 2.20. The van der Waals surface area contributed by atoms with E-state index in [0.717, 1.165) is 44.0 Å². The number of hydrogen-bond acceptors (Lipinski definition) is 3. The van der Waals surface area contributed by atoms with Crippen molar-refractivity contribution in [3.63, 3.8) is 0 Å². The number of nitrogens with one attached hydrogen (secondary N) is 1. The van der Waals surface area contributed by atoms with Crippen LogP contribution in [0.1, 0.15) is 18.4 Å². The van der Waals surface area contributed by atoms with Gasteiger partial charge in [0.2, 0.25) is 0 Å². The number of urea groups is 1.